The van der Waals surface area contributed by atoms with E-state index in [1.54, 1.807) is 17.1 Å². The van der Waals surface area contributed by atoms with E-state index in [-0.39, 0.29) is 6.73 Å². The highest BCUT2D eigenvalue weighted by atomic mass is 31.1. The first kappa shape index (κ1) is 11.6. The second-order valence-corrected chi connectivity index (χ2v) is 2.97. The van der Waals surface area contributed by atoms with E-state index in [9.17, 15) is 4.57 Å². The highest BCUT2D eigenvalue weighted by Crippen LogP contribution is 2.14. The zero-order valence-electron chi connectivity index (χ0n) is 6.90. The SMILES string of the molecule is C=CCN(CC=C)CO[PH](=O)O. The minimum Gasteiger partial charge on any atom is -0.326 e. The van der Waals surface area contributed by atoms with Crippen LogP contribution >= 0.6 is 8.25 Å². The minimum atomic E-state index is -2.83. The van der Waals surface area contributed by atoms with Gasteiger partial charge in [0.2, 0.25) is 0 Å². The van der Waals surface area contributed by atoms with Crippen molar-refractivity contribution in [2.24, 2.45) is 0 Å². The van der Waals surface area contributed by atoms with Gasteiger partial charge in [-0.15, -0.1) is 13.2 Å². The third-order valence-corrected chi connectivity index (χ3v) is 1.52. The van der Waals surface area contributed by atoms with E-state index in [0.29, 0.717) is 13.1 Å². The van der Waals surface area contributed by atoms with Gasteiger partial charge in [0.15, 0.2) is 0 Å². The molecule has 1 unspecified atom stereocenters. The van der Waals surface area contributed by atoms with E-state index < -0.39 is 8.25 Å². The first-order valence-corrected chi connectivity index (χ1v) is 4.77. The molecule has 70 valence electrons. The van der Waals surface area contributed by atoms with E-state index in [0.717, 1.165) is 0 Å². The quantitative estimate of drug-likeness (QED) is 0.371. The molecule has 0 aliphatic carbocycles. The molecule has 0 aromatic heterocycles. The van der Waals surface area contributed by atoms with Crippen molar-refractivity contribution in [2.75, 3.05) is 19.8 Å². The van der Waals surface area contributed by atoms with E-state index in [1.807, 2.05) is 0 Å². The molecule has 0 aliphatic rings. The molecule has 4 nitrogen and oxygen atoms in total. The fourth-order valence-electron chi connectivity index (χ4n) is 0.692. The summed E-state index contributed by atoms with van der Waals surface area (Å²) in [7, 11) is -2.83. The lowest BCUT2D eigenvalue weighted by atomic mass is 10.5. The molecule has 0 heterocycles. The van der Waals surface area contributed by atoms with E-state index in [2.05, 4.69) is 17.7 Å². The van der Waals surface area contributed by atoms with Crippen molar-refractivity contribution in [3.05, 3.63) is 25.3 Å². The lowest BCUT2D eigenvalue weighted by Crippen LogP contribution is -2.25. The largest absolute Gasteiger partial charge is 0.326 e. The van der Waals surface area contributed by atoms with Crippen LogP contribution in [0.1, 0.15) is 0 Å². The maximum atomic E-state index is 10.2. The summed E-state index contributed by atoms with van der Waals surface area (Å²) in [6, 6.07) is 0. The Bertz CT molecular complexity index is 162. The van der Waals surface area contributed by atoms with Gasteiger partial charge in [0.1, 0.15) is 6.73 Å². The summed E-state index contributed by atoms with van der Waals surface area (Å²) in [6.45, 7) is 8.45. The smallest absolute Gasteiger partial charge is 0.317 e. The molecule has 5 heteroatoms. The molecule has 0 radical (unpaired) electrons. The Labute approximate surface area is 73.1 Å². The maximum absolute atomic E-state index is 10.2. The van der Waals surface area contributed by atoms with Gasteiger partial charge in [0.25, 0.3) is 0 Å². The predicted octanol–water partition coefficient (Wildman–Crippen LogP) is 1.02. The van der Waals surface area contributed by atoms with Crippen LogP contribution in [0.4, 0.5) is 0 Å². The van der Waals surface area contributed by atoms with Crippen LogP contribution in [0.3, 0.4) is 0 Å². The molecule has 12 heavy (non-hydrogen) atoms. The molecule has 0 aliphatic heterocycles. The number of rotatable bonds is 7. The van der Waals surface area contributed by atoms with Crippen LogP contribution in [0.15, 0.2) is 25.3 Å². The van der Waals surface area contributed by atoms with Gasteiger partial charge >= 0.3 is 8.25 Å². The van der Waals surface area contributed by atoms with Crippen molar-refractivity contribution in [1.82, 2.24) is 4.90 Å². The number of hydrogen-bond acceptors (Lipinski definition) is 3. The van der Waals surface area contributed by atoms with Crippen LogP contribution in [0.5, 0.6) is 0 Å². The topological polar surface area (TPSA) is 49.8 Å². The van der Waals surface area contributed by atoms with E-state index in [4.69, 9.17) is 4.89 Å². The molecule has 1 N–H and O–H groups in total. The van der Waals surface area contributed by atoms with Gasteiger partial charge in [-0.25, -0.2) is 0 Å². The van der Waals surface area contributed by atoms with Crippen molar-refractivity contribution < 1.29 is 14.0 Å². The Morgan fingerprint density at radius 2 is 1.92 bits per heavy atom. The molecule has 0 amide bonds. The summed E-state index contributed by atoms with van der Waals surface area (Å²) in [5, 5.41) is 0. The Morgan fingerprint density at radius 3 is 2.25 bits per heavy atom. The van der Waals surface area contributed by atoms with Gasteiger partial charge in [-0.3, -0.25) is 14.0 Å². The zero-order valence-corrected chi connectivity index (χ0v) is 7.90. The lowest BCUT2D eigenvalue weighted by Gasteiger charge is -2.16. The summed E-state index contributed by atoms with van der Waals surface area (Å²) >= 11 is 0. The summed E-state index contributed by atoms with van der Waals surface area (Å²) < 4.78 is 14.7. The van der Waals surface area contributed by atoms with Crippen LogP contribution in [-0.4, -0.2) is 29.6 Å². The van der Waals surface area contributed by atoms with E-state index >= 15 is 0 Å². The van der Waals surface area contributed by atoms with Crippen LogP contribution in [0.2, 0.25) is 0 Å². The van der Waals surface area contributed by atoms with Crippen molar-refractivity contribution >= 4 is 8.25 Å². The molecule has 0 rings (SSSR count). The highest BCUT2D eigenvalue weighted by Gasteiger charge is 2.01. The van der Waals surface area contributed by atoms with Crippen LogP contribution in [0.25, 0.3) is 0 Å². The third-order valence-electron chi connectivity index (χ3n) is 1.15. The van der Waals surface area contributed by atoms with Gasteiger partial charge in [-0.05, 0) is 0 Å². The molecule has 0 saturated heterocycles. The highest BCUT2D eigenvalue weighted by molar-refractivity contribution is 7.32. The van der Waals surface area contributed by atoms with Gasteiger partial charge in [-0.2, -0.15) is 0 Å². The number of hydrogen-bond donors (Lipinski definition) is 1. The zero-order chi connectivity index (χ0) is 9.40. The monoisotopic (exact) mass is 191 g/mol. The molecule has 1 atom stereocenters. The maximum Gasteiger partial charge on any atom is 0.317 e. The lowest BCUT2D eigenvalue weighted by molar-refractivity contribution is 0.144. The average Bonchev–Trinajstić information content (AvgIpc) is 2.01. The third kappa shape index (κ3) is 6.31. The normalized spacial score (nSPS) is 12.8. The van der Waals surface area contributed by atoms with Gasteiger partial charge in [0.05, 0.1) is 0 Å². The van der Waals surface area contributed by atoms with Gasteiger partial charge < -0.3 is 4.89 Å². The predicted molar refractivity (Wildman–Crippen MR) is 49.1 cm³/mol. The number of nitrogens with zero attached hydrogens (tertiary/aromatic N) is 1. The fourth-order valence-corrected chi connectivity index (χ4v) is 0.985. The molecule has 0 bridgehead atoms. The van der Waals surface area contributed by atoms with Crippen LogP contribution in [0, 0.1) is 0 Å². The molecular weight excluding hydrogens is 177 g/mol. The first-order valence-electron chi connectivity index (χ1n) is 3.50. The molecule has 0 fully saturated rings. The first-order chi connectivity index (χ1) is 5.70. The second-order valence-electron chi connectivity index (χ2n) is 2.15. The van der Waals surface area contributed by atoms with Crippen molar-refractivity contribution in [2.45, 2.75) is 0 Å². The summed E-state index contributed by atoms with van der Waals surface area (Å²) in [5.74, 6) is 0. The summed E-state index contributed by atoms with van der Waals surface area (Å²) in [4.78, 5) is 10.2. The second kappa shape index (κ2) is 7.25. The molecule has 0 spiro atoms. The van der Waals surface area contributed by atoms with Gasteiger partial charge in [-0.1, -0.05) is 12.2 Å². The Morgan fingerprint density at radius 1 is 1.42 bits per heavy atom. The van der Waals surface area contributed by atoms with Crippen LogP contribution < -0.4 is 0 Å². The van der Waals surface area contributed by atoms with Crippen molar-refractivity contribution in [3.8, 4) is 0 Å². The summed E-state index contributed by atoms with van der Waals surface area (Å²) in [6.07, 6.45) is 3.39. The summed E-state index contributed by atoms with van der Waals surface area (Å²) in [5.41, 5.74) is 0. The molecule has 0 saturated carbocycles. The Kier molecular flexibility index (Phi) is 7.00. The molecule has 0 aromatic rings. The standard InChI is InChI=1S/C7H14NO3P/c1-3-5-8(6-4-2)7-11-12(9)10/h3-4,12H,1-2,5-7H2,(H,9,10). The molecule has 0 aromatic carbocycles. The Hall–Kier alpha value is -0.410. The minimum absolute atomic E-state index is 0.131. The van der Waals surface area contributed by atoms with Crippen molar-refractivity contribution in [3.63, 3.8) is 0 Å². The molecular formula is C7H14NO3P. The average molecular weight is 191 g/mol. The van der Waals surface area contributed by atoms with Gasteiger partial charge in [0, 0.05) is 13.1 Å². The van der Waals surface area contributed by atoms with E-state index in [1.165, 1.54) is 0 Å². The fraction of sp³-hybridized carbons (Fsp3) is 0.429. The van der Waals surface area contributed by atoms with Crippen LogP contribution in [-0.2, 0) is 9.09 Å². The Balaban J connectivity index is 3.68. The van der Waals surface area contributed by atoms with Crippen molar-refractivity contribution in [1.29, 1.82) is 0 Å².